The highest BCUT2D eigenvalue weighted by atomic mass is 16.6. The second kappa shape index (κ2) is 17.5. The number of nitrogens with one attached hydrogen (secondary N) is 2. The Labute approximate surface area is 241 Å². The Hall–Kier alpha value is -2.36. The van der Waals surface area contributed by atoms with E-state index in [0.717, 1.165) is 51.4 Å². The Morgan fingerprint density at radius 3 is 2.02 bits per heavy atom. The highest BCUT2D eigenvalue weighted by molar-refractivity contribution is 5.88. The van der Waals surface area contributed by atoms with Crippen molar-refractivity contribution >= 4 is 23.9 Å². The van der Waals surface area contributed by atoms with E-state index in [-0.39, 0.29) is 30.5 Å². The molecule has 10 heteroatoms. The average molecular weight is 570 g/mol. The van der Waals surface area contributed by atoms with Crippen LogP contribution in [0, 0.1) is 0 Å². The fourth-order valence-corrected chi connectivity index (χ4v) is 4.64. The summed E-state index contributed by atoms with van der Waals surface area (Å²) in [6.45, 7) is 15.8. The number of nitrogens with zero attached hydrogens (tertiary/aromatic N) is 1. The Kier molecular flexibility index (Phi) is 15.6. The summed E-state index contributed by atoms with van der Waals surface area (Å²) in [5, 5.41) is 5.95. The van der Waals surface area contributed by atoms with E-state index in [4.69, 9.17) is 14.2 Å². The van der Waals surface area contributed by atoms with Gasteiger partial charge in [0.25, 0.3) is 0 Å². The molecule has 0 aliphatic carbocycles. The summed E-state index contributed by atoms with van der Waals surface area (Å²) in [5.74, 6) is -0.944. The first-order chi connectivity index (χ1) is 18.6. The minimum Gasteiger partial charge on any atom is -0.465 e. The Morgan fingerprint density at radius 1 is 0.875 bits per heavy atom. The minimum atomic E-state index is -0.633. The molecule has 0 radical (unpaired) electrons. The van der Waals surface area contributed by atoms with Crippen molar-refractivity contribution in [3.8, 4) is 0 Å². The molecular weight excluding hydrogens is 514 g/mol. The van der Waals surface area contributed by atoms with E-state index < -0.39 is 29.3 Å². The van der Waals surface area contributed by atoms with Gasteiger partial charge in [0.05, 0.1) is 12.6 Å². The number of hydrogen-bond donors (Lipinski definition) is 2. The van der Waals surface area contributed by atoms with Crippen LogP contribution >= 0.6 is 0 Å². The maximum atomic E-state index is 13.2. The minimum absolute atomic E-state index is 0.205. The Balaban J connectivity index is 2.41. The fourth-order valence-electron chi connectivity index (χ4n) is 4.64. The molecule has 0 unspecified atom stereocenters. The molecule has 1 saturated heterocycles. The second-order valence-corrected chi connectivity index (χ2v) is 12.6. The maximum absolute atomic E-state index is 13.2. The third-order valence-electron chi connectivity index (χ3n) is 6.45. The molecule has 1 rings (SSSR count). The van der Waals surface area contributed by atoms with Crippen LogP contribution in [0.25, 0.3) is 0 Å². The predicted octanol–water partition coefficient (Wildman–Crippen LogP) is 4.87. The molecule has 0 bridgehead atoms. The van der Waals surface area contributed by atoms with E-state index >= 15 is 0 Å². The van der Waals surface area contributed by atoms with Gasteiger partial charge in [-0.15, -0.1) is 0 Å². The predicted molar refractivity (Wildman–Crippen MR) is 155 cm³/mol. The number of carbonyl (C=O) groups is 4. The van der Waals surface area contributed by atoms with Crippen molar-refractivity contribution in [1.82, 2.24) is 15.5 Å². The van der Waals surface area contributed by atoms with Crippen molar-refractivity contribution in [2.24, 2.45) is 0 Å². The number of rotatable bonds is 16. The summed E-state index contributed by atoms with van der Waals surface area (Å²) < 4.78 is 16.0. The number of hydrogen-bond acceptors (Lipinski definition) is 8. The van der Waals surface area contributed by atoms with Crippen LogP contribution in [-0.4, -0.2) is 77.9 Å². The number of ether oxygens (including phenoxy) is 3. The van der Waals surface area contributed by atoms with Crippen molar-refractivity contribution in [1.29, 1.82) is 0 Å². The highest BCUT2D eigenvalue weighted by Gasteiger charge is 2.39. The molecule has 1 fully saturated rings. The van der Waals surface area contributed by atoms with E-state index in [9.17, 15) is 19.2 Å². The van der Waals surface area contributed by atoms with Gasteiger partial charge in [0, 0.05) is 13.1 Å². The summed E-state index contributed by atoms with van der Waals surface area (Å²) in [6.07, 6.45) is 8.48. The van der Waals surface area contributed by atoms with Gasteiger partial charge in [-0.3, -0.25) is 14.9 Å². The van der Waals surface area contributed by atoms with Crippen LogP contribution in [0.15, 0.2) is 0 Å². The molecule has 1 aliphatic heterocycles. The molecule has 10 nitrogen and oxygen atoms in total. The summed E-state index contributed by atoms with van der Waals surface area (Å²) in [7, 11) is 0. The lowest BCUT2D eigenvalue weighted by Crippen LogP contribution is -2.53. The molecular formula is C30H55N3O7. The van der Waals surface area contributed by atoms with Gasteiger partial charge < -0.3 is 24.4 Å². The monoisotopic (exact) mass is 569 g/mol. The zero-order chi connectivity index (χ0) is 30.3. The van der Waals surface area contributed by atoms with Crippen LogP contribution in [0.5, 0.6) is 0 Å². The van der Waals surface area contributed by atoms with Gasteiger partial charge >= 0.3 is 18.0 Å². The van der Waals surface area contributed by atoms with Gasteiger partial charge in [-0.25, -0.2) is 9.59 Å². The van der Waals surface area contributed by atoms with Gasteiger partial charge in [0.2, 0.25) is 5.91 Å². The van der Waals surface area contributed by atoms with Crippen molar-refractivity contribution in [2.75, 3.05) is 19.7 Å². The van der Waals surface area contributed by atoms with Gasteiger partial charge in [-0.2, -0.15) is 0 Å². The summed E-state index contributed by atoms with van der Waals surface area (Å²) >= 11 is 0. The number of alkyl carbamates (subject to hydrolysis) is 1. The highest BCUT2D eigenvalue weighted by Crippen LogP contribution is 2.22. The molecule has 1 aliphatic rings. The molecule has 0 aromatic rings. The molecule has 2 N–H and O–H groups in total. The van der Waals surface area contributed by atoms with Crippen molar-refractivity contribution in [3.05, 3.63) is 0 Å². The molecule has 0 aromatic carbocycles. The first-order valence-corrected chi connectivity index (χ1v) is 15.1. The van der Waals surface area contributed by atoms with E-state index in [1.54, 1.807) is 18.7 Å². The van der Waals surface area contributed by atoms with Gasteiger partial charge in [-0.1, -0.05) is 38.5 Å². The van der Waals surface area contributed by atoms with Crippen LogP contribution in [0.4, 0.5) is 4.79 Å². The van der Waals surface area contributed by atoms with E-state index in [0.29, 0.717) is 25.9 Å². The van der Waals surface area contributed by atoms with Gasteiger partial charge in [0.1, 0.15) is 23.3 Å². The number of esters is 2. The number of carbonyl (C=O) groups excluding carboxylic acids is 4. The SMILES string of the molecule is CCOC(=O)[C@H](CCCCCCCCCNC(=O)OC(C)(C)C)N[C@@H](C)C(=O)N1CCC[C@H]1C(=O)OC(C)(C)C. The van der Waals surface area contributed by atoms with Crippen molar-refractivity contribution in [3.63, 3.8) is 0 Å². The van der Waals surface area contributed by atoms with Crippen LogP contribution in [-0.2, 0) is 28.6 Å². The summed E-state index contributed by atoms with van der Waals surface area (Å²) in [5.41, 5.74) is -1.11. The number of amides is 2. The molecule has 1 heterocycles. The second-order valence-electron chi connectivity index (χ2n) is 12.6. The lowest BCUT2D eigenvalue weighted by Gasteiger charge is -2.30. The van der Waals surface area contributed by atoms with Crippen LogP contribution in [0.2, 0.25) is 0 Å². The van der Waals surface area contributed by atoms with Gasteiger partial charge in [0.15, 0.2) is 0 Å². The van der Waals surface area contributed by atoms with Gasteiger partial charge in [-0.05, 0) is 81.1 Å². The van der Waals surface area contributed by atoms with E-state index in [2.05, 4.69) is 10.6 Å². The molecule has 0 aromatic heterocycles. The van der Waals surface area contributed by atoms with Crippen LogP contribution in [0.3, 0.4) is 0 Å². The standard InChI is InChI=1S/C30H55N3O7/c1-9-38-26(35)23(18-15-13-11-10-12-14-16-20-31-28(37)40-30(6,7)8)32-22(2)25(34)33-21-17-19-24(33)27(36)39-29(3,4)5/h22-24,32H,9-21H2,1-8H3,(H,31,37)/t22-,23-,24-/m0/s1. The van der Waals surface area contributed by atoms with Crippen molar-refractivity contribution < 1.29 is 33.4 Å². The molecule has 40 heavy (non-hydrogen) atoms. The lowest BCUT2D eigenvalue weighted by atomic mass is 10.0. The van der Waals surface area contributed by atoms with Crippen molar-refractivity contribution in [2.45, 2.75) is 149 Å². The number of likely N-dealkylation sites (tertiary alicyclic amines) is 1. The maximum Gasteiger partial charge on any atom is 0.407 e. The molecule has 3 atom stereocenters. The molecule has 0 spiro atoms. The summed E-state index contributed by atoms with van der Waals surface area (Å²) in [4.78, 5) is 51.7. The third-order valence-corrected chi connectivity index (χ3v) is 6.45. The lowest BCUT2D eigenvalue weighted by molar-refractivity contribution is -0.163. The molecule has 232 valence electrons. The first-order valence-electron chi connectivity index (χ1n) is 15.1. The van der Waals surface area contributed by atoms with Crippen LogP contribution in [0.1, 0.15) is 120 Å². The van der Waals surface area contributed by atoms with Crippen LogP contribution < -0.4 is 10.6 Å². The smallest absolute Gasteiger partial charge is 0.407 e. The Morgan fingerprint density at radius 2 is 1.45 bits per heavy atom. The summed E-state index contributed by atoms with van der Waals surface area (Å²) in [6, 6.07) is -1.81. The quantitative estimate of drug-likeness (QED) is 0.153. The zero-order valence-corrected chi connectivity index (χ0v) is 26.2. The zero-order valence-electron chi connectivity index (χ0n) is 26.2. The number of unbranched alkanes of at least 4 members (excludes halogenated alkanes) is 6. The Bertz CT molecular complexity index is 804. The normalized spacial score (nSPS) is 17.2. The average Bonchev–Trinajstić information content (AvgIpc) is 3.32. The largest absolute Gasteiger partial charge is 0.465 e. The molecule has 2 amide bonds. The van der Waals surface area contributed by atoms with E-state index in [1.807, 2.05) is 41.5 Å². The first kappa shape index (κ1) is 35.7. The topological polar surface area (TPSA) is 123 Å². The molecule has 0 saturated carbocycles. The third kappa shape index (κ3) is 14.9. The van der Waals surface area contributed by atoms with E-state index in [1.165, 1.54) is 0 Å². The fraction of sp³-hybridized carbons (Fsp3) is 0.867.